The molecule has 4 rings (SSSR count). The van der Waals surface area contributed by atoms with E-state index in [-0.39, 0.29) is 43.6 Å². The molecule has 2 aromatic rings. The average Bonchev–Trinajstić information content (AvgIpc) is 3.16. The molecule has 3 unspecified atom stereocenters. The summed E-state index contributed by atoms with van der Waals surface area (Å²) in [6, 6.07) is 8.66. The fraction of sp³-hybridized carbons (Fsp3) is 0.714. The van der Waals surface area contributed by atoms with Crippen molar-refractivity contribution >= 4 is 28.6 Å². The maximum absolute atomic E-state index is 14.2. The number of rotatable bonds is 9. The van der Waals surface area contributed by atoms with Crippen molar-refractivity contribution in [1.29, 1.82) is 0 Å². The Morgan fingerprint density at radius 2 is 1.70 bits per heavy atom. The highest BCUT2D eigenvalue weighted by Crippen LogP contribution is 2.43. The number of hydrogen-bond donors (Lipinski definition) is 4. The zero-order valence-corrected chi connectivity index (χ0v) is 34.8. The van der Waals surface area contributed by atoms with E-state index in [0.29, 0.717) is 11.9 Å². The van der Waals surface area contributed by atoms with Gasteiger partial charge < -0.3 is 49.0 Å². The van der Waals surface area contributed by atoms with Crippen LogP contribution < -0.4 is 0 Å². The van der Waals surface area contributed by atoms with Crippen molar-refractivity contribution in [2.75, 3.05) is 27.8 Å². The van der Waals surface area contributed by atoms with Gasteiger partial charge in [0.15, 0.2) is 12.1 Å². The summed E-state index contributed by atoms with van der Waals surface area (Å²) in [5.41, 5.74) is -4.50. The highest BCUT2D eigenvalue weighted by molar-refractivity contribution is 6.00. The molecule has 2 saturated heterocycles. The summed E-state index contributed by atoms with van der Waals surface area (Å²) in [6.45, 7) is 12.5. The number of methoxy groups -OCH3 is 1. The average molecular weight is 789 g/mol. The molecule has 3 heterocycles. The molecular formula is C42H64N2O12. The lowest BCUT2D eigenvalue weighted by Crippen LogP contribution is -2.63. The first kappa shape index (κ1) is 45.6. The normalized spacial score (nSPS) is 39.2. The minimum atomic E-state index is -2.07. The second kappa shape index (κ2) is 18.2. The Hall–Kier alpha value is -3.08. The summed E-state index contributed by atoms with van der Waals surface area (Å²) >= 11 is 0. The number of aliphatic hydroxyl groups is 4. The third kappa shape index (κ3) is 9.61. The van der Waals surface area contributed by atoms with Gasteiger partial charge in [-0.3, -0.25) is 14.6 Å². The van der Waals surface area contributed by atoms with Crippen LogP contribution in [0.4, 0.5) is 0 Å². The van der Waals surface area contributed by atoms with Crippen molar-refractivity contribution < 1.29 is 58.5 Å². The van der Waals surface area contributed by atoms with E-state index in [4.69, 9.17) is 23.7 Å². The maximum Gasteiger partial charge on any atom is 0.339 e. The Kier molecular flexibility index (Phi) is 14.9. The first-order chi connectivity index (χ1) is 26.1. The molecule has 0 saturated carbocycles. The van der Waals surface area contributed by atoms with Gasteiger partial charge in [0.2, 0.25) is 0 Å². The van der Waals surface area contributed by atoms with Crippen molar-refractivity contribution in [1.82, 2.24) is 9.88 Å². The van der Waals surface area contributed by atoms with Crippen LogP contribution in [-0.4, -0.2) is 135 Å². The van der Waals surface area contributed by atoms with E-state index in [1.54, 1.807) is 33.8 Å². The molecule has 0 amide bonds. The van der Waals surface area contributed by atoms with E-state index in [0.717, 1.165) is 5.39 Å². The lowest BCUT2D eigenvalue weighted by atomic mass is 9.66. The molecule has 2 aliphatic rings. The predicted octanol–water partition coefficient (Wildman–Crippen LogP) is 3.68. The first-order valence-corrected chi connectivity index (χ1v) is 19.7. The number of aromatic nitrogens is 1. The lowest BCUT2D eigenvalue weighted by Gasteiger charge is -2.50. The van der Waals surface area contributed by atoms with Crippen LogP contribution >= 0.6 is 0 Å². The van der Waals surface area contributed by atoms with E-state index >= 15 is 0 Å². The molecule has 314 valence electrons. The van der Waals surface area contributed by atoms with Crippen LogP contribution in [0.5, 0.6) is 0 Å². The fourth-order valence-electron chi connectivity index (χ4n) is 8.89. The SMILES string of the molecule is CC[C@H]1OC(=O)C(C)C(=O)[C@@H](C)[C@@H](O[C@@H]2O[C@H](C)C[C@H](N(C)C)[C@H]2O)[C@](C)(OC)C[C@@H](C)C(O)C(C)(O)[C@H](CCOC(=O)c2cnc3ccccc3c2)[C@]1(C)O. The molecule has 0 radical (unpaired) electrons. The summed E-state index contributed by atoms with van der Waals surface area (Å²) in [6.07, 6.45) is -4.53. The van der Waals surface area contributed by atoms with Crippen LogP contribution in [0.1, 0.15) is 91.4 Å². The van der Waals surface area contributed by atoms with Gasteiger partial charge in [0, 0.05) is 36.6 Å². The Morgan fingerprint density at radius 3 is 2.32 bits per heavy atom. The van der Waals surface area contributed by atoms with Gasteiger partial charge in [-0.2, -0.15) is 0 Å². The van der Waals surface area contributed by atoms with Crippen molar-refractivity contribution in [2.24, 2.45) is 23.7 Å². The van der Waals surface area contributed by atoms with Gasteiger partial charge >= 0.3 is 11.9 Å². The van der Waals surface area contributed by atoms with Crippen molar-refractivity contribution in [3.05, 3.63) is 42.1 Å². The minimum Gasteiger partial charge on any atom is -0.462 e. The third-order valence-corrected chi connectivity index (χ3v) is 12.3. The number of pyridine rings is 1. The van der Waals surface area contributed by atoms with Crippen LogP contribution in [-0.2, 0) is 33.3 Å². The fourth-order valence-corrected chi connectivity index (χ4v) is 8.89. The number of benzene rings is 1. The number of carbonyl (C=O) groups is 3. The van der Waals surface area contributed by atoms with Gasteiger partial charge in [-0.25, -0.2) is 4.79 Å². The number of para-hydroxylation sites is 1. The molecule has 2 fully saturated rings. The van der Waals surface area contributed by atoms with E-state index in [1.807, 2.05) is 50.2 Å². The van der Waals surface area contributed by atoms with E-state index < -0.39 is 88.9 Å². The molecular weight excluding hydrogens is 724 g/mol. The van der Waals surface area contributed by atoms with Gasteiger partial charge in [-0.15, -0.1) is 0 Å². The molecule has 4 N–H and O–H groups in total. The molecule has 1 aromatic carbocycles. The maximum atomic E-state index is 14.2. The van der Waals surface area contributed by atoms with Crippen molar-refractivity contribution in [3.63, 3.8) is 0 Å². The number of Topliss-reactive ketones (excluding diaryl/α,β-unsaturated/α-hetero) is 1. The van der Waals surface area contributed by atoms with Gasteiger partial charge in [-0.05, 0) is 92.4 Å². The molecule has 0 bridgehead atoms. The number of ketones is 1. The largest absolute Gasteiger partial charge is 0.462 e. The number of fused-ring (bicyclic) bond motifs is 1. The van der Waals surface area contributed by atoms with Crippen LogP contribution in [0.25, 0.3) is 10.9 Å². The topological polar surface area (TPSA) is 194 Å². The number of cyclic esters (lactones) is 1. The molecule has 14 atom stereocenters. The van der Waals surface area contributed by atoms with Crippen molar-refractivity contribution in [2.45, 2.75) is 141 Å². The highest BCUT2D eigenvalue weighted by Gasteiger charge is 2.56. The van der Waals surface area contributed by atoms with Gasteiger partial charge in [-0.1, -0.05) is 39.0 Å². The first-order valence-electron chi connectivity index (χ1n) is 19.7. The summed E-state index contributed by atoms with van der Waals surface area (Å²) in [5, 5.41) is 48.9. The highest BCUT2D eigenvalue weighted by atomic mass is 16.7. The Bertz CT molecular complexity index is 1670. The number of likely N-dealkylation sites (N-methyl/N-ethyl adjacent to an activating group) is 1. The zero-order valence-electron chi connectivity index (χ0n) is 34.8. The number of esters is 2. The van der Waals surface area contributed by atoms with E-state index in [2.05, 4.69) is 4.98 Å². The number of nitrogens with zero attached hydrogens (tertiary/aromatic N) is 2. The minimum absolute atomic E-state index is 0.0213. The molecule has 2 aliphatic heterocycles. The third-order valence-electron chi connectivity index (χ3n) is 12.3. The summed E-state index contributed by atoms with van der Waals surface area (Å²) in [4.78, 5) is 47.4. The van der Waals surface area contributed by atoms with E-state index in [1.165, 1.54) is 34.1 Å². The smallest absolute Gasteiger partial charge is 0.339 e. The molecule has 14 heteroatoms. The summed E-state index contributed by atoms with van der Waals surface area (Å²) in [7, 11) is 5.13. The number of aliphatic hydroxyl groups excluding tert-OH is 2. The van der Waals surface area contributed by atoms with Crippen molar-refractivity contribution in [3.8, 4) is 0 Å². The summed E-state index contributed by atoms with van der Waals surface area (Å²) < 4.78 is 30.3. The monoisotopic (exact) mass is 788 g/mol. The molecule has 1 aromatic heterocycles. The number of carbonyl (C=O) groups excluding carboxylic acids is 3. The predicted molar refractivity (Wildman–Crippen MR) is 207 cm³/mol. The number of ether oxygens (including phenoxy) is 5. The van der Waals surface area contributed by atoms with E-state index in [9.17, 15) is 34.8 Å². The number of hydrogen-bond acceptors (Lipinski definition) is 14. The van der Waals surface area contributed by atoms with Crippen LogP contribution in [0.3, 0.4) is 0 Å². The van der Waals surface area contributed by atoms with Crippen LogP contribution in [0, 0.1) is 23.7 Å². The molecule has 14 nitrogen and oxygen atoms in total. The van der Waals surface area contributed by atoms with Gasteiger partial charge in [0.1, 0.15) is 23.7 Å². The lowest BCUT2D eigenvalue weighted by molar-refractivity contribution is -0.297. The quantitative estimate of drug-likeness (QED) is 0.212. The second-order valence-electron chi connectivity index (χ2n) is 16.9. The Morgan fingerprint density at radius 1 is 1.04 bits per heavy atom. The van der Waals surface area contributed by atoms with Gasteiger partial charge in [0.25, 0.3) is 0 Å². The molecule has 56 heavy (non-hydrogen) atoms. The Balaban J connectivity index is 1.71. The zero-order chi connectivity index (χ0) is 41.9. The standard InChI is InChI=1S/C42H64N2O12/c1-12-32-41(7,50)31(17-18-53-38(49)28-20-27-15-13-14-16-29(27)43-22-28)42(8,51)35(47)23(2)21-40(6,52-11)36(25(4)33(45)26(5)37(48)55-32)56-39-34(46)30(44(9)10)19-24(3)54-39/h13-16,20,22-26,30-32,34-36,39,46-47,50-51H,12,17-19,21H2,1-11H3/t23-,24-,25-,26?,30+,31-,32-,34-,35?,36-,39+,40-,41+,42?/m1/s1. The second-order valence-corrected chi connectivity index (χ2v) is 16.9. The summed E-state index contributed by atoms with van der Waals surface area (Å²) in [5.74, 6) is -6.42. The molecule has 0 spiro atoms. The molecule has 0 aliphatic carbocycles. The van der Waals surface area contributed by atoms with Gasteiger partial charge in [0.05, 0.1) is 47.2 Å². The Labute approximate surface area is 330 Å². The van der Waals surface area contributed by atoms with Crippen LogP contribution in [0.15, 0.2) is 36.5 Å². The van der Waals surface area contributed by atoms with Crippen LogP contribution in [0.2, 0.25) is 0 Å².